The van der Waals surface area contributed by atoms with Crippen molar-refractivity contribution >= 4 is 17.1 Å². The molecule has 2 aliphatic heterocycles. The molecule has 2 aromatic carbocycles. The van der Waals surface area contributed by atoms with Gasteiger partial charge < -0.3 is 24.6 Å². The number of aliphatic hydroxyl groups is 2. The van der Waals surface area contributed by atoms with E-state index in [-0.39, 0.29) is 24.0 Å². The first-order valence-corrected chi connectivity index (χ1v) is 14.2. The van der Waals surface area contributed by atoms with Gasteiger partial charge in [0.05, 0.1) is 38.4 Å². The second-order valence-electron chi connectivity index (χ2n) is 11.3. The molecule has 4 rings (SSSR count). The normalized spacial score (nSPS) is 18.4. The minimum absolute atomic E-state index is 0.0568. The van der Waals surface area contributed by atoms with Crippen LogP contribution in [-0.2, 0) is 20.3 Å². The van der Waals surface area contributed by atoms with Crippen molar-refractivity contribution in [2.24, 2.45) is 0 Å². The number of para-hydroxylation sites is 2. The van der Waals surface area contributed by atoms with Gasteiger partial charge in [-0.25, -0.2) is 0 Å². The SMILES string of the molecule is CC1(C)C(/C=C/C=C2/N(CCCOCCO)c3ccccc3C2(C)C)=[N+](CCCOCCO)c2ccccc21. The molecule has 0 aromatic heterocycles. The Balaban J connectivity index is 1.63. The van der Waals surface area contributed by atoms with Crippen LogP contribution < -0.4 is 4.90 Å². The van der Waals surface area contributed by atoms with Crippen LogP contribution in [0.15, 0.2) is 72.5 Å². The van der Waals surface area contributed by atoms with E-state index in [9.17, 15) is 0 Å². The number of benzene rings is 2. The van der Waals surface area contributed by atoms with E-state index >= 15 is 0 Å². The predicted octanol–water partition coefficient (Wildman–Crippen LogP) is 5.10. The van der Waals surface area contributed by atoms with Crippen molar-refractivity contribution in [3.8, 4) is 0 Å². The zero-order valence-corrected chi connectivity index (χ0v) is 24.0. The minimum atomic E-state index is -0.116. The minimum Gasteiger partial charge on any atom is -0.394 e. The highest BCUT2D eigenvalue weighted by Crippen LogP contribution is 2.47. The number of nitrogens with zero attached hydrogens (tertiary/aromatic N) is 2. The fourth-order valence-corrected chi connectivity index (χ4v) is 5.98. The lowest BCUT2D eigenvalue weighted by molar-refractivity contribution is -0.439. The van der Waals surface area contributed by atoms with E-state index in [0.717, 1.165) is 25.9 Å². The Labute approximate surface area is 233 Å². The van der Waals surface area contributed by atoms with Crippen LogP contribution in [0.1, 0.15) is 51.7 Å². The maximum absolute atomic E-state index is 9.03. The number of allylic oxidation sites excluding steroid dienone is 4. The molecule has 0 spiro atoms. The van der Waals surface area contributed by atoms with Crippen molar-refractivity contribution in [3.05, 3.63) is 83.6 Å². The molecule has 0 unspecified atom stereocenters. The molecule has 6 heteroatoms. The molecule has 0 radical (unpaired) electrons. The topological polar surface area (TPSA) is 65.2 Å². The van der Waals surface area contributed by atoms with Crippen LogP contribution in [-0.4, -0.2) is 73.2 Å². The fourth-order valence-electron chi connectivity index (χ4n) is 5.98. The van der Waals surface area contributed by atoms with Crippen molar-refractivity contribution < 1.29 is 24.3 Å². The molecule has 0 amide bonds. The molecule has 0 atom stereocenters. The average molecular weight is 534 g/mol. The zero-order valence-electron chi connectivity index (χ0n) is 24.0. The highest BCUT2D eigenvalue weighted by atomic mass is 16.5. The summed E-state index contributed by atoms with van der Waals surface area (Å²) in [6, 6.07) is 17.4. The fraction of sp³-hybridized carbons (Fsp3) is 0.485. The second-order valence-corrected chi connectivity index (χ2v) is 11.3. The van der Waals surface area contributed by atoms with Crippen molar-refractivity contribution in [3.63, 3.8) is 0 Å². The summed E-state index contributed by atoms with van der Waals surface area (Å²) in [6.45, 7) is 13.1. The van der Waals surface area contributed by atoms with Gasteiger partial charge >= 0.3 is 0 Å². The number of rotatable bonds is 14. The van der Waals surface area contributed by atoms with Gasteiger partial charge in [0.1, 0.15) is 0 Å². The number of fused-ring (bicyclic) bond motifs is 2. The lowest BCUT2D eigenvalue weighted by atomic mass is 9.81. The summed E-state index contributed by atoms with van der Waals surface area (Å²) in [5.74, 6) is 0. The summed E-state index contributed by atoms with van der Waals surface area (Å²) in [5, 5.41) is 18.1. The summed E-state index contributed by atoms with van der Waals surface area (Å²) >= 11 is 0. The smallest absolute Gasteiger partial charge is 0.209 e. The van der Waals surface area contributed by atoms with Gasteiger partial charge in [0.25, 0.3) is 0 Å². The summed E-state index contributed by atoms with van der Waals surface area (Å²) in [4.78, 5) is 2.43. The molecule has 2 N–H and O–H groups in total. The van der Waals surface area contributed by atoms with E-state index in [0.29, 0.717) is 26.4 Å². The van der Waals surface area contributed by atoms with Crippen LogP contribution in [0, 0.1) is 0 Å². The lowest BCUT2D eigenvalue weighted by Crippen LogP contribution is -2.28. The van der Waals surface area contributed by atoms with Crippen LogP contribution in [0.5, 0.6) is 0 Å². The first kappa shape index (κ1) is 29.2. The lowest BCUT2D eigenvalue weighted by Gasteiger charge is -2.27. The standard InChI is InChI=1S/C33H45N2O4/c1-32(2)26-12-5-7-14-28(26)34(18-10-22-38-24-20-36)30(32)16-9-17-31-33(3,4)27-13-6-8-15-29(27)35(31)19-11-23-39-25-21-37/h5-9,12-17,36-37H,10-11,18-25H2,1-4H3/q+1. The van der Waals surface area contributed by atoms with E-state index in [1.807, 2.05) is 0 Å². The molecule has 2 aliphatic rings. The van der Waals surface area contributed by atoms with Crippen LogP contribution >= 0.6 is 0 Å². The Hall–Kier alpha value is -2.77. The number of hydrogen-bond acceptors (Lipinski definition) is 5. The Kier molecular flexibility index (Phi) is 9.78. The van der Waals surface area contributed by atoms with Crippen LogP contribution in [0.4, 0.5) is 11.4 Å². The predicted molar refractivity (Wildman–Crippen MR) is 158 cm³/mol. The van der Waals surface area contributed by atoms with Gasteiger partial charge in [0, 0.05) is 54.1 Å². The second kappa shape index (κ2) is 13.1. The molecule has 39 heavy (non-hydrogen) atoms. The first-order valence-electron chi connectivity index (χ1n) is 14.2. The summed E-state index contributed by atoms with van der Waals surface area (Å²) in [6.07, 6.45) is 8.55. The quantitative estimate of drug-likeness (QED) is 0.261. The number of anilines is 1. The monoisotopic (exact) mass is 533 g/mol. The van der Waals surface area contributed by atoms with E-state index in [1.165, 1.54) is 33.9 Å². The maximum atomic E-state index is 9.03. The molecule has 0 bridgehead atoms. The van der Waals surface area contributed by atoms with Crippen molar-refractivity contribution in [2.45, 2.75) is 51.4 Å². The highest BCUT2D eigenvalue weighted by molar-refractivity contribution is 6.03. The molecular weight excluding hydrogens is 488 g/mol. The molecule has 6 nitrogen and oxygen atoms in total. The molecule has 0 aliphatic carbocycles. The number of ether oxygens (including phenoxy) is 2. The highest BCUT2D eigenvalue weighted by Gasteiger charge is 2.44. The van der Waals surface area contributed by atoms with Crippen molar-refractivity contribution in [1.82, 2.24) is 0 Å². The summed E-state index contributed by atoms with van der Waals surface area (Å²) < 4.78 is 13.5. The Morgan fingerprint density at radius 1 is 0.795 bits per heavy atom. The molecule has 210 valence electrons. The third-order valence-corrected chi connectivity index (χ3v) is 7.92. The van der Waals surface area contributed by atoms with Crippen molar-refractivity contribution in [1.29, 1.82) is 0 Å². The first-order chi connectivity index (χ1) is 18.8. The summed E-state index contributed by atoms with van der Waals surface area (Å²) in [5.41, 5.74) is 7.52. The van der Waals surface area contributed by atoms with Crippen LogP contribution in [0.25, 0.3) is 0 Å². The van der Waals surface area contributed by atoms with Gasteiger partial charge in [-0.05, 0) is 38.0 Å². The third-order valence-electron chi connectivity index (χ3n) is 7.92. The van der Waals surface area contributed by atoms with Crippen molar-refractivity contribution in [2.75, 3.05) is 57.6 Å². The van der Waals surface area contributed by atoms with Gasteiger partial charge in [-0.3, -0.25) is 0 Å². The molecular formula is C33H45N2O4+. The molecule has 0 fully saturated rings. The van der Waals surface area contributed by atoms with E-state index in [4.69, 9.17) is 19.7 Å². The Bertz CT molecular complexity index is 1210. The van der Waals surface area contributed by atoms with Gasteiger partial charge in [-0.15, -0.1) is 0 Å². The average Bonchev–Trinajstić information content (AvgIpc) is 3.28. The Morgan fingerprint density at radius 3 is 2.15 bits per heavy atom. The van der Waals surface area contributed by atoms with E-state index in [2.05, 4.69) is 104 Å². The number of hydrogen-bond donors (Lipinski definition) is 2. The summed E-state index contributed by atoms with van der Waals surface area (Å²) in [7, 11) is 0. The maximum Gasteiger partial charge on any atom is 0.209 e. The largest absolute Gasteiger partial charge is 0.394 e. The van der Waals surface area contributed by atoms with Gasteiger partial charge in [0.15, 0.2) is 12.3 Å². The zero-order chi connectivity index (χ0) is 27.9. The molecule has 2 heterocycles. The van der Waals surface area contributed by atoms with E-state index in [1.54, 1.807) is 0 Å². The van der Waals surface area contributed by atoms with Gasteiger partial charge in [-0.1, -0.05) is 56.3 Å². The van der Waals surface area contributed by atoms with Gasteiger partial charge in [0.2, 0.25) is 5.69 Å². The van der Waals surface area contributed by atoms with Gasteiger partial charge in [-0.2, -0.15) is 4.58 Å². The van der Waals surface area contributed by atoms with Crippen LogP contribution in [0.2, 0.25) is 0 Å². The molecule has 2 aromatic rings. The third kappa shape index (κ3) is 6.20. The number of aliphatic hydroxyl groups excluding tert-OH is 2. The molecule has 0 saturated carbocycles. The van der Waals surface area contributed by atoms with Crippen LogP contribution in [0.3, 0.4) is 0 Å². The Morgan fingerprint density at radius 2 is 1.44 bits per heavy atom. The van der Waals surface area contributed by atoms with E-state index < -0.39 is 0 Å². The molecule has 0 saturated heterocycles.